The standard InChI is InChI=1S/C14H21F2NO/c1-12(13-5-3-2-4-6-13)7-8-17-9-10-18-11-14(15)16/h2-6,12,14,17H,7-11H2,1H3. The third kappa shape index (κ3) is 6.67. The molecule has 0 bridgehead atoms. The van der Waals surface area contributed by atoms with Crippen molar-refractivity contribution in [3.8, 4) is 0 Å². The van der Waals surface area contributed by atoms with Crippen molar-refractivity contribution in [2.75, 3.05) is 26.3 Å². The number of nitrogens with one attached hydrogen (secondary N) is 1. The molecule has 18 heavy (non-hydrogen) atoms. The first-order valence-corrected chi connectivity index (χ1v) is 6.31. The lowest BCUT2D eigenvalue weighted by Crippen LogP contribution is -2.23. The molecule has 0 amide bonds. The Morgan fingerprint density at radius 3 is 2.56 bits per heavy atom. The molecule has 1 N–H and O–H groups in total. The summed E-state index contributed by atoms with van der Waals surface area (Å²) in [6, 6.07) is 10.3. The van der Waals surface area contributed by atoms with E-state index in [-0.39, 0.29) is 0 Å². The smallest absolute Gasteiger partial charge is 0.261 e. The summed E-state index contributed by atoms with van der Waals surface area (Å²) in [7, 11) is 0. The molecule has 0 spiro atoms. The number of benzene rings is 1. The first-order chi connectivity index (χ1) is 8.70. The summed E-state index contributed by atoms with van der Waals surface area (Å²) in [6.07, 6.45) is -1.35. The highest BCUT2D eigenvalue weighted by Crippen LogP contribution is 2.17. The van der Waals surface area contributed by atoms with Crippen molar-refractivity contribution in [3.63, 3.8) is 0 Å². The van der Waals surface area contributed by atoms with Gasteiger partial charge in [-0.2, -0.15) is 0 Å². The van der Waals surface area contributed by atoms with Gasteiger partial charge in [0, 0.05) is 6.54 Å². The number of hydrogen-bond donors (Lipinski definition) is 1. The highest BCUT2D eigenvalue weighted by molar-refractivity contribution is 5.18. The van der Waals surface area contributed by atoms with Crippen molar-refractivity contribution >= 4 is 0 Å². The van der Waals surface area contributed by atoms with E-state index in [4.69, 9.17) is 4.74 Å². The van der Waals surface area contributed by atoms with Crippen LogP contribution in [0.25, 0.3) is 0 Å². The zero-order valence-electron chi connectivity index (χ0n) is 10.7. The molecular weight excluding hydrogens is 236 g/mol. The van der Waals surface area contributed by atoms with E-state index in [1.165, 1.54) is 5.56 Å². The molecule has 0 saturated heterocycles. The maximum atomic E-state index is 11.8. The Hall–Kier alpha value is -1.00. The molecule has 0 aliphatic carbocycles. The van der Waals surface area contributed by atoms with E-state index in [2.05, 4.69) is 24.4 Å². The second-order valence-electron chi connectivity index (χ2n) is 4.32. The van der Waals surface area contributed by atoms with Gasteiger partial charge in [-0.1, -0.05) is 37.3 Å². The minimum atomic E-state index is -2.37. The van der Waals surface area contributed by atoms with Crippen LogP contribution >= 0.6 is 0 Å². The Bertz CT molecular complexity index is 306. The Labute approximate surface area is 107 Å². The maximum Gasteiger partial charge on any atom is 0.261 e. The van der Waals surface area contributed by atoms with Crippen LogP contribution in [-0.2, 0) is 4.74 Å². The molecule has 0 radical (unpaired) electrons. The van der Waals surface area contributed by atoms with Crippen LogP contribution in [0.4, 0.5) is 8.78 Å². The molecule has 1 atom stereocenters. The van der Waals surface area contributed by atoms with Crippen LogP contribution < -0.4 is 5.32 Å². The predicted octanol–water partition coefficient (Wildman–Crippen LogP) is 3.05. The van der Waals surface area contributed by atoms with Gasteiger partial charge in [0.1, 0.15) is 6.61 Å². The average molecular weight is 257 g/mol. The fourth-order valence-electron chi connectivity index (χ4n) is 1.71. The zero-order valence-corrected chi connectivity index (χ0v) is 10.7. The van der Waals surface area contributed by atoms with Crippen LogP contribution in [0.1, 0.15) is 24.8 Å². The van der Waals surface area contributed by atoms with Crippen LogP contribution in [-0.4, -0.2) is 32.7 Å². The summed E-state index contributed by atoms with van der Waals surface area (Å²) in [6.45, 7) is 3.54. The molecule has 1 aromatic carbocycles. The Morgan fingerprint density at radius 2 is 1.89 bits per heavy atom. The van der Waals surface area contributed by atoms with Crippen LogP contribution in [0, 0.1) is 0 Å². The molecule has 0 heterocycles. The summed E-state index contributed by atoms with van der Waals surface area (Å²) in [5, 5.41) is 3.19. The minimum absolute atomic E-state index is 0.337. The van der Waals surface area contributed by atoms with Crippen molar-refractivity contribution < 1.29 is 13.5 Å². The number of halogens is 2. The Morgan fingerprint density at radius 1 is 1.17 bits per heavy atom. The summed E-state index contributed by atoms with van der Waals surface area (Å²) >= 11 is 0. The van der Waals surface area contributed by atoms with E-state index in [0.717, 1.165) is 13.0 Å². The molecule has 1 aromatic rings. The fourth-order valence-corrected chi connectivity index (χ4v) is 1.71. The summed E-state index contributed by atoms with van der Waals surface area (Å²) in [4.78, 5) is 0. The molecule has 2 nitrogen and oxygen atoms in total. The van der Waals surface area contributed by atoms with Gasteiger partial charge in [0.25, 0.3) is 6.43 Å². The molecule has 4 heteroatoms. The van der Waals surface area contributed by atoms with E-state index in [0.29, 0.717) is 19.1 Å². The van der Waals surface area contributed by atoms with Gasteiger partial charge in [-0.15, -0.1) is 0 Å². The van der Waals surface area contributed by atoms with Crippen LogP contribution in [0.3, 0.4) is 0 Å². The van der Waals surface area contributed by atoms with Crippen molar-refractivity contribution in [3.05, 3.63) is 35.9 Å². The van der Waals surface area contributed by atoms with Gasteiger partial charge in [0.2, 0.25) is 0 Å². The van der Waals surface area contributed by atoms with Crippen LogP contribution in [0.15, 0.2) is 30.3 Å². The lowest BCUT2D eigenvalue weighted by atomic mass is 9.98. The lowest BCUT2D eigenvalue weighted by Gasteiger charge is -2.12. The molecule has 0 fully saturated rings. The molecule has 1 unspecified atom stereocenters. The van der Waals surface area contributed by atoms with Crippen molar-refractivity contribution in [2.24, 2.45) is 0 Å². The molecule has 0 aliphatic rings. The van der Waals surface area contributed by atoms with E-state index in [1.807, 2.05) is 18.2 Å². The number of rotatable bonds is 9. The topological polar surface area (TPSA) is 21.3 Å². The van der Waals surface area contributed by atoms with Gasteiger partial charge >= 0.3 is 0 Å². The fraction of sp³-hybridized carbons (Fsp3) is 0.571. The second kappa shape index (κ2) is 9.00. The number of ether oxygens (including phenoxy) is 1. The second-order valence-corrected chi connectivity index (χ2v) is 4.32. The van der Waals surface area contributed by atoms with Gasteiger partial charge in [-0.3, -0.25) is 0 Å². The van der Waals surface area contributed by atoms with Crippen molar-refractivity contribution in [2.45, 2.75) is 25.7 Å². The van der Waals surface area contributed by atoms with Gasteiger partial charge in [-0.05, 0) is 24.4 Å². The molecule has 0 aliphatic heterocycles. The third-order valence-corrected chi connectivity index (χ3v) is 2.79. The normalized spacial score (nSPS) is 12.9. The largest absolute Gasteiger partial charge is 0.374 e. The monoisotopic (exact) mass is 257 g/mol. The van der Waals surface area contributed by atoms with Gasteiger partial charge in [0.05, 0.1) is 6.61 Å². The summed E-state index contributed by atoms with van der Waals surface area (Å²) < 4.78 is 28.3. The average Bonchev–Trinajstić information content (AvgIpc) is 2.38. The molecule has 102 valence electrons. The lowest BCUT2D eigenvalue weighted by molar-refractivity contribution is 0.0188. The molecule has 1 rings (SSSR count). The van der Waals surface area contributed by atoms with Crippen LogP contribution in [0.2, 0.25) is 0 Å². The molecule has 0 saturated carbocycles. The number of alkyl halides is 2. The predicted molar refractivity (Wildman–Crippen MR) is 69.2 cm³/mol. The van der Waals surface area contributed by atoms with Gasteiger partial charge < -0.3 is 10.1 Å². The van der Waals surface area contributed by atoms with E-state index in [9.17, 15) is 8.78 Å². The van der Waals surface area contributed by atoms with Gasteiger partial charge in [-0.25, -0.2) is 8.78 Å². The summed E-state index contributed by atoms with van der Waals surface area (Å²) in [5.41, 5.74) is 1.33. The Balaban J connectivity index is 2.01. The van der Waals surface area contributed by atoms with E-state index < -0.39 is 13.0 Å². The quantitative estimate of drug-likeness (QED) is 0.686. The van der Waals surface area contributed by atoms with Crippen molar-refractivity contribution in [1.82, 2.24) is 5.32 Å². The zero-order chi connectivity index (χ0) is 13.2. The summed E-state index contributed by atoms with van der Waals surface area (Å²) in [5.74, 6) is 0.501. The maximum absolute atomic E-state index is 11.8. The first-order valence-electron chi connectivity index (χ1n) is 6.31. The van der Waals surface area contributed by atoms with Crippen LogP contribution in [0.5, 0.6) is 0 Å². The number of hydrogen-bond acceptors (Lipinski definition) is 2. The SMILES string of the molecule is CC(CCNCCOCC(F)F)c1ccccc1. The van der Waals surface area contributed by atoms with E-state index >= 15 is 0 Å². The highest BCUT2D eigenvalue weighted by atomic mass is 19.3. The minimum Gasteiger partial charge on any atom is -0.374 e. The Kier molecular flexibility index (Phi) is 7.53. The van der Waals surface area contributed by atoms with Gasteiger partial charge in [0.15, 0.2) is 0 Å². The first kappa shape index (κ1) is 15.1. The molecular formula is C14H21F2NO. The molecule has 0 aromatic heterocycles. The third-order valence-electron chi connectivity index (χ3n) is 2.79. The van der Waals surface area contributed by atoms with E-state index in [1.54, 1.807) is 0 Å². The van der Waals surface area contributed by atoms with Crippen molar-refractivity contribution in [1.29, 1.82) is 0 Å². The highest BCUT2D eigenvalue weighted by Gasteiger charge is 2.04.